The van der Waals surface area contributed by atoms with Gasteiger partial charge in [-0.3, -0.25) is 4.79 Å². The molecule has 4 heteroatoms. The lowest BCUT2D eigenvalue weighted by Crippen LogP contribution is -2.01. The zero-order valence-electron chi connectivity index (χ0n) is 6.74. The lowest BCUT2D eigenvalue weighted by Gasteiger charge is -1.91. The summed E-state index contributed by atoms with van der Waals surface area (Å²) in [5.74, 6) is -1.45. The molecule has 0 radical (unpaired) electrons. The van der Waals surface area contributed by atoms with Crippen LogP contribution in [0.25, 0.3) is 0 Å². The zero-order valence-corrected chi connectivity index (χ0v) is 6.74. The van der Waals surface area contributed by atoms with Crippen LogP contribution in [0, 0.1) is 0 Å². The second-order valence-electron chi connectivity index (χ2n) is 2.30. The van der Waals surface area contributed by atoms with Crippen LogP contribution in [0.1, 0.15) is 19.8 Å². The van der Waals surface area contributed by atoms with E-state index in [1.165, 1.54) is 6.92 Å². The number of carbonyl (C=O) groups is 3. The van der Waals surface area contributed by atoms with Crippen molar-refractivity contribution in [3.8, 4) is 0 Å². The summed E-state index contributed by atoms with van der Waals surface area (Å²) >= 11 is 0. The summed E-state index contributed by atoms with van der Waals surface area (Å²) in [7, 11) is 0. The summed E-state index contributed by atoms with van der Waals surface area (Å²) in [5.41, 5.74) is -0.00843. The van der Waals surface area contributed by atoms with Crippen molar-refractivity contribution >= 4 is 18.0 Å². The van der Waals surface area contributed by atoms with Crippen LogP contribution in [0.5, 0.6) is 0 Å². The first-order valence-corrected chi connectivity index (χ1v) is 3.46. The van der Waals surface area contributed by atoms with Crippen molar-refractivity contribution < 1.29 is 19.5 Å². The molecule has 0 saturated heterocycles. The van der Waals surface area contributed by atoms with Crippen LogP contribution in [-0.2, 0) is 14.4 Å². The Morgan fingerprint density at radius 1 is 1.42 bits per heavy atom. The molecular weight excluding hydrogens is 160 g/mol. The Balaban J connectivity index is 4.05. The van der Waals surface area contributed by atoms with E-state index in [-0.39, 0.29) is 24.2 Å². The number of aldehydes is 1. The van der Waals surface area contributed by atoms with Crippen molar-refractivity contribution in [2.24, 2.45) is 0 Å². The van der Waals surface area contributed by atoms with Crippen LogP contribution in [0.2, 0.25) is 0 Å². The molecule has 0 unspecified atom stereocenters. The molecule has 0 aliphatic carbocycles. The monoisotopic (exact) mass is 170 g/mol. The minimum atomic E-state index is -1.12. The summed E-state index contributed by atoms with van der Waals surface area (Å²) in [6, 6.07) is 0. The van der Waals surface area contributed by atoms with Gasteiger partial charge >= 0.3 is 5.97 Å². The van der Waals surface area contributed by atoms with Gasteiger partial charge in [0.15, 0.2) is 5.78 Å². The van der Waals surface area contributed by atoms with Gasteiger partial charge in [0, 0.05) is 18.4 Å². The number of hydrogen-bond acceptors (Lipinski definition) is 3. The molecule has 0 saturated carbocycles. The number of carboxylic acids is 1. The van der Waals surface area contributed by atoms with Gasteiger partial charge in [0.2, 0.25) is 0 Å². The number of allylic oxidation sites excluding steroid dienone is 1. The highest BCUT2D eigenvalue weighted by molar-refractivity contribution is 5.98. The predicted molar refractivity (Wildman–Crippen MR) is 41.7 cm³/mol. The molecule has 0 aromatic heterocycles. The van der Waals surface area contributed by atoms with E-state index >= 15 is 0 Å². The van der Waals surface area contributed by atoms with Gasteiger partial charge in [0.25, 0.3) is 0 Å². The van der Waals surface area contributed by atoms with Crippen LogP contribution in [0.3, 0.4) is 0 Å². The number of rotatable bonds is 5. The molecule has 0 fully saturated rings. The van der Waals surface area contributed by atoms with Crippen molar-refractivity contribution in [3.63, 3.8) is 0 Å². The Hall–Kier alpha value is -1.45. The second kappa shape index (κ2) is 5.23. The van der Waals surface area contributed by atoms with E-state index in [1.807, 2.05) is 0 Å². The summed E-state index contributed by atoms with van der Waals surface area (Å²) in [6.45, 7) is 1.33. The van der Waals surface area contributed by atoms with Crippen molar-refractivity contribution in [2.45, 2.75) is 19.8 Å². The van der Waals surface area contributed by atoms with Gasteiger partial charge in [-0.2, -0.15) is 0 Å². The normalized spacial score (nSPS) is 10.9. The van der Waals surface area contributed by atoms with E-state index < -0.39 is 5.97 Å². The predicted octanol–water partition coefficient (Wildman–Crippen LogP) is 0.565. The average molecular weight is 170 g/mol. The van der Waals surface area contributed by atoms with Crippen LogP contribution in [-0.4, -0.2) is 23.1 Å². The van der Waals surface area contributed by atoms with Crippen LogP contribution in [0.4, 0.5) is 0 Å². The molecule has 0 amide bonds. The minimum Gasteiger partial charge on any atom is -0.478 e. The van der Waals surface area contributed by atoms with E-state index in [4.69, 9.17) is 5.11 Å². The van der Waals surface area contributed by atoms with E-state index in [2.05, 4.69) is 0 Å². The zero-order chi connectivity index (χ0) is 9.56. The highest BCUT2D eigenvalue weighted by atomic mass is 16.4. The molecule has 4 nitrogen and oxygen atoms in total. The third-order valence-electron chi connectivity index (χ3n) is 1.22. The molecule has 0 heterocycles. The van der Waals surface area contributed by atoms with E-state index in [9.17, 15) is 14.4 Å². The van der Waals surface area contributed by atoms with E-state index in [1.54, 1.807) is 0 Å². The van der Waals surface area contributed by atoms with Gasteiger partial charge in [-0.15, -0.1) is 0 Å². The SMILES string of the molecule is CC(=CC(=O)CCC=O)C(=O)O. The fourth-order valence-electron chi connectivity index (χ4n) is 0.577. The molecule has 0 spiro atoms. The molecule has 12 heavy (non-hydrogen) atoms. The maximum atomic E-state index is 10.8. The van der Waals surface area contributed by atoms with Gasteiger partial charge in [0.05, 0.1) is 0 Å². The fraction of sp³-hybridized carbons (Fsp3) is 0.375. The molecule has 0 aliphatic heterocycles. The van der Waals surface area contributed by atoms with Gasteiger partial charge in [-0.1, -0.05) is 0 Å². The molecule has 0 aromatic rings. The van der Waals surface area contributed by atoms with Gasteiger partial charge in [-0.25, -0.2) is 4.79 Å². The third-order valence-corrected chi connectivity index (χ3v) is 1.22. The lowest BCUT2D eigenvalue weighted by atomic mass is 10.1. The van der Waals surface area contributed by atoms with Crippen molar-refractivity contribution in [1.29, 1.82) is 0 Å². The van der Waals surface area contributed by atoms with E-state index in [0.29, 0.717) is 6.29 Å². The molecular formula is C8H10O4. The van der Waals surface area contributed by atoms with Crippen LogP contribution >= 0.6 is 0 Å². The smallest absolute Gasteiger partial charge is 0.331 e. The Morgan fingerprint density at radius 2 is 2.00 bits per heavy atom. The minimum absolute atomic E-state index is 0.00843. The Bertz CT molecular complexity index is 227. The van der Waals surface area contributed by atoms with Crippen LogP contribution < -0.4 is 0 Å². The maximum absolute atomic E-state index is 10.8. The molecule has 66 valence electrons. The Morgan fingerprint density at radius 3 is 2.42 bits per heavy atom. The Kier molecular flexibility index (Phi) is 4.60. The first-order valence-electron chi connectivity index (χ1n) is 3.46. The highest BCUT2D eigenvalue weighted by Crippen LogP contribution is 1.96. The highest BCUT2D eigenvalue weighted by Gasteiger charge is 2.03. The molecule has 0 aromatic carbocycles. The van der Waals surface area contributed by atoms with Gasteiger partial charge in [-0.05, 0) is 13.0 Å². The number of hydrogen-bond donors (Lipinski definition) is 1. The fourth-order valence-corrected chi connectivity index (χ4v) is 0.577. The second-order valence-corrected chi connectivity index (χ2v) is 2.30. The maximum Gasteiger partial charge on any atom is 0.331 e. The molecule has 0 bridgehead atoms. The standard InChI is InChI=1S/C8H10O4/c1-6(8(11)12)5-7(10)3-2-4-9/h4-5H,2-3H2,1H3,(H,11,12). The summed E-state index contributed by atoms with van der Waals surface area (Å²) in [4.78, 5) is 30.9. The quantitative estimate of drug-likeness (QED) is 0.483. The summed E-state index contributed by atoms with van der Waals surface area (Å²) in [5, 5.41) is 8.37. The summed E-state index contributed by atoms with van der Waals surface area (Å²) < 4.78 is 0. The summed E-state index contributed by atoms with van der Waals surface area (Å²) in [6.07, 6.45) is 1.88. The van der Waals surface area contributed by atoms with Crippen molar-refractivity contribution in [3.05, 3.63) is 11.6 Å². The number of carboxylic acid groups (broad SMARTS) is 1. The molecule has 0 aliphatic rings. The first kappa shape index (κ1) is 10.6. The van der Waals surface area contributed by atoms with Crippen molar-refractivity contribution in [1.82, 2.24) is 0 Å². The first-order chi connectivity index (χ1) is 5.57. The molecule has 0 rings (SSSR count). The number of aliphatic carboxylic acids is 1. The third kappa shape index (κ3) is 4.38. The number of carbonyl (C=O) groups excluding carboxylic acids is 2. The van der Waals surface area contributed by atoms with Crippen molar-refractivity contribution in [2.75, 3.05) is 0 Å². The molecule has 1 N–H and O–H groups in total. The van der Waals surface area contributed by atoms with Gasteiger partial charge in [0.1, 0.15) is 6.29 Å². The average Bonchev–Trinajstić information content (AvgIpc) is 2.00. The largest absolute Gasteiger partial charge is 0.478 e. The molecule has 0 atom stereocenters. The topological polar surface area (TPSA) is 71.4 Å². The Labute approximate surface area is 69.9 Å². The number of ketones is 1. The van der Waals surface area contributed by atoms with Gasteiger partial charge < -0.3 is 9.90 Å². The lowest BCUT2D eigenvalue weighted by molar-refractivity contribution is -0.132. The van der Waals surface area contributed by atoms with Crippen LogP contribution in [0.15, 0.2) is 11.6 Å². The van der Waals surface area contributed by atoms with E-state index in [0.717, 1.165) is 6.08 Å².